The van der Waals surface area contributed by atoms with Gasteiger partial charge in [-0.1, -0.05) is 32.6 Å². The van der Waals surface area contributed by atoms with Crippen LogP contribution in [-0.2, 0) is 19.1 Å². The lowest BCUT2D eigenvalue weighted by molar-refractivity contribution is -0.154. The number of methoxy groups -OCH3 is 1. The highest BCUT2D eigenvalue weighted by Crippen LogP contribution is 2.33. The van der Waals surface area contributed by atoms with Gasteiger partial charge in [0.05, 0.1) is 25.6 Å². The molecule has 4 heteroatoms. The fraction of sp³-hybridized carbons (Fsp3) is 0.889. The Kier molecular flexibility index (Phi) is 6.71. The third-order valence-corrected chi connectivity index (χ3v) is 5.55. The van der Waals surface area contributed by atoms with Crippen LogP contribution in [0.3, 0.4) is 0 Å². The molecular weight excluding hydrogens is 280 g/mol. The van der Waals surface area contributed by atoms with Crippen LogP contribution in [0.15, 0.2) is 0 Å². The van der Waals surface area contributed by atoms with Crippen molar-refractivity contribution in [1.29, 1.82) is 0 Å². The summed E-state index contributed by atoms with van der Waals surface area (Å²) in [5.74, 6) is 0.862. The Morgan fingerprint density at radius 2 is 1.50 bits per heavy atom. The largest absolute Gasteiger partial charge is 0.469 e. The molecule has 2 atom stereocenters. The van der Waals surface area contributed by atoms with Gasteiger partial charge in [-0.05, 0) is 43.9 Å². The van der Waals surface area contributed by atoms with E-state index < -0.39 is 0 Å². The van der Waals surface area contributed by atoms with Gasteiger partial charge in [0.1, 0.15) is 0 Å². The van der Waals surface area contributed by atoms with Crippen LogP contribution < -0.4 is 0 Å². The molecule has 0 aromatic heterocycles. The number of rotatable bonds is 5. The van der Waals surface area contributed by atoms with Gasteiger partial charge in [0.2, 0.25) is 0 Å². The zero-order chi connectivity index (χ0) is 15.9. The zero-order valence-electron chi connectivity index (χ0n) is 14.0. The summed E-state index contributed by atoms with van der Waals surface area (Å²) in [4.78, 5) is 23.9. The minimum absolute atomic E-state index is 0.105. The van der Waals surface area contributed by atoms with Crippen LogP contribution in [0.2, 0.25) is 0 Å². The number of hydrogen-bond acceptors (Lipinski definition) is 4. The molecule has 126 valence electrons. The first kappa shape index (κ1) is 17.3. The maximum Gasteiger partial charge on any atom is 0.308 e. The summed E-state index contributed by atoms with van der Waals surface area (Å²) in [6.07, 6.45) is 9.34. The normalized spacial score (nSPS) is 32.3. The zero-order valence-corrected chi connectivity index (χ0v) is 14.0. The van der Waals surface area contributed by atoms with Crippen molar-refractivity contribution in [2.45, 2.75) is 64.7 Å². The molecule has 0 bridgehead atoms. The lowest BCUT2D eigenvalue weighted by Crippen LogP contribution is -2.30. The SMILES string of the molecule is CCC1CCC(COC(=O)C2CCCC(C(=O)OC)C2)CC1. The quantitative estimate of drug-likeness (QED) is 0.726. The highest BCUT2D eigenvalue weighted by Gasteiger charge is 2.33. The monoisotopic (exact) mass is 310 g/mol. The fourth-order valence-electron chi connectivity index (χ4n) is 3.91. The molecule has 2 aliphatic rings. The van der Waals surface area contributed by atoms with Crippen molar-refractivity contribution >= 4 is 11.9 Å². The predicted molar refractivity (Wildman–Crippen MR) is 84.2 cm³/mol. The standard InChI is InChI=1S/C18H30O4/c1-3-13-7-9-14(10-8-13)12-22-18(20)16-6-4-5-15(11-16)17(19)21-2/h13-16H,3-12H2,1-2H3. The van der Waals surface area contributed by atoms with Crippen LogP contribution in [0.1, 0.15) is 64.7 Å². The summed E-state index contributed by atoms with van der Waals surface area (Å²) in [5.41, 5.74) is 0. The third-order valence-electron chi connectivity index (χ3n) is 5.55. The maximum absolute atomic E-state index is 12.2. The van der Waals surface area contributed by atoms with Crippen LogP contribution in [-0.4, -0.2) is 25.7 Å². The first-order valence-electron chi connectivity index (χ1n) is 8.88. The van der Waals surface area contributed by atoms with Crippen LogP contribution in [0.25, 0.3) is 0 Å². The van der Waals surface area contributed by atoms with Crippen LogP contribution in [0.4, 0.5) is 0 Å². The van der Waals surface area contributed by atoms with E-state index in [4.69, 9.17) is 9.47 Å². The molecule has 2 aliphatic carbocycles. The molecule has 2 unspecified atom stereocenters. The topological polar surface area (TPSA) is 52.6 Å². The van der Waals surface area contributed by atoms with Gasteiger partial charge in [0.15, 0.2) is 0 Å². The van der Waals surface area contributed by atoms with Crippen molar-refractivity contribution < 1.29 is 19.1 Å². The Morgan fingerprint density at radius 1 is 0.909 bits per heavy atom. The average molecular weight is 310 g/mol. The van der Waals surface area contributed by atoms with Gasteiger partial charge in [0.25, 0.3) is 0 Å². The third kappa shape index (κ3) is 4.72. The van der Waals surface area contributed by atoms with Gasteiger partial charge >= 0.3 is 11.9 Å². The predicted octanol–water partition coefficient (Wildman–Crippen LogP) is 3.73. The molecule has 0 N–H and O–H groups in total. The second kappa shape index (κ2) is 8.54. The second-order valence-corrected chi connectivity index (χ2v) is 7.01. The summed E-state index contributed by atoms with van der Waals surface area (Å²) in [6.45, 7) is 2.82. The number of esters is 2. The molecule has 2 saturated carbocycles. The molecule has 0 heterocycles. The minimum Gasteiger partial charge on any atom is -0.469 e. The van der Waals surface area contributed by atoms with E-state index in [1.807, 2.05) is 0 Å². The van der Waals surface area contributed by atoms with Crippen LogP contribution in [0, 0.1) is 23.7 Å². The maximum atomic E-state index is 12.2. The van der Waals surface area contributed by atoms with E-state index in [0.717, 1.165) is 25.2 Å². The smallest absolute Gasteiger partial charge is 0.308 e. The molecule has 0 aromatic carbocycles. The molecule has 0 amide bonds. The van der Waals surface area contributed by atoms with Gasteiger partial charge in [0, 0.05) is 0 Å². The molecule has 0 radical (unpaired) electrons. The number of carbonyl (C=O) groups excluding carboxylic acids is 2. The Morgan fingerprint density at radius 3 is 2.09 bits per heavy atom. The summed E-state index contributed by atoms with van der Waals surface area (Å²) in [7, 11) is 1.41. The Balaban J connectivity index is 1.72. The van der Waals surface area contributed by atoms with E-state index in [-0.39, 0.29) is 23.8 Å². The molecule has 2 fully saturated rings. The lowest BCUT2D eigenvalue weighted by Gasteiger charge is -2.29. The molecule has 0 aromatic rings. The summed E-state index contributed by atoms with van der Waals surface area (Å²) in [6, 6.07) is 0. The van der Waals surface area contributed by atoms with Gasteiger partial charge in [-0.3, -0.25) is 9.59 Å². The highest BCUT2D eigenvalue weighted by atomic mass is 16.5. The van der Waals surface area contributed by atoms with Crippen molar-refractivity contribution in [1.82, 2.24) is 0 Å². The molecule has 4 nitrogen and oxygen atoms in total. The van der Waals surface area contributed by atoms with E-state index >= 15 is 0 Å². The molecule has 0 saturated heterocycles. The van der Waals surface area contributed by atoms with Crippen molar-refractivity contribution in [3.63, 3.8) is 0 Å². The molecule has 0 aliphatic heterocycles. The molecule has 2 rings (SSSR count). The Bertz CT molecular complexity index is 371. The van der Waals surface area contributed by atoms with E-state index in [9.17, 15) is 9.59 Å². The minimum atomic E-state index is -0.185. The highest BCUT2D eigenvalue weighted by molar-refractivity contribution is 5.76. The first-order valence-corrected chi connectivity index (χ1v) is 8.88. The number of hydrogen-bond donors (Lipinski definition) is 0. The number of carbonyl (C=O) groups is 2. The van der Waals surface area contributed by atoms with Crippen molar-refractivity contribution in [2.24, 2.45) is 23.7 Å². The summed E-state index contributed by atoms with van der Waals surface area (Å²) in [5, 5.41) is 0. The van der Waals surface area contributed by atoms with Gasteiger partial charge in [-0.15, -0.1) is 0 Å². The van der Waals surface area contributed by atoms with Crippen LogP contribution >= 0.6 is 0 Å². The van der Waals surface area contributed by atoms with E-state index in [1.165, 1.54) is 39.2 Å². The van der Waals surface area contributed by atoms with Crippen molar-refractivity contribution in [3.05, 3.63) is 0 Å². The Labute approximate surface area is 133 Å². The van der Waals surface area contributed by atoms with E-state index in [2.05, 4.69) is 6.92 Å². The Hall–Kier alpha value is -1.06. The van der Waals surface area contributed by atoms with E-state index in [1.54, 1.807) is 0 Å². The number of ether oxygens (including phenoxy) is 2. The van der Waals surface area contributed by atoms with Crippen molar-refractivity contribution in [2.75, 3.05) is 13.7 Å². The van der Waals surface area contributed by atoms with Gasteiger partial charge < -0.3 is 9.47 Å². The lowest BCUT2D eigenvalue weighted by atomic mass is 9.80. The first-order chi connectivity index (χ1) is 10.6. The molecule has 22 heavy (non-hydrogen) atoms. The fourth-order valence-corrected chi connectivity index (χ4v) is 3.91. The van der Waals surface area contributed by atoms with Crippen molar-refractivity contribution in [3.8, 4) is 0 Å². The summed E-state index contributed by atoms with van der Waals surface area (Å²) < 4.78 is 10.4. The average Bonchev–Trinajstić information content (AvgIpc) is 2.59. The second-order valence-electron chi connectivity index (χ2n) is 7.01. The van der Waals surface area contributed by atoms with Gasteiger partial charge in [-0.25, -0.2) is 0 Å². The summed E-state index contributed by atoms with van der Waals surface area (Å²) >= 11 is 0. The van der Waals surface area contributed by atoms with Gasteiger partial charge in [-0.2, -0.15) is 0 Å². The van der Waals surface area contributed by atoms with E-state index in [0.29, 0.717) is 18.9 Å². The van der Waals surface area contributed by atoms with Crippen LogP contribution in [0.5, 0.6) is 0 Å². The molecular formula is C18H30O4. The molecule has 0 spiro atoms.